The fourth-order valence-corrected chi connectivity index (χ4v) is 1.76. The summed E-state index contributed by atoms with van der Waals surface area (Å²) < 4.78 is 42.8. The van der Waals surface area contributed by atoms with Gasteiger partial charge in [-0.2, -0.15) is 13.2 Å². The van der Waals surface area contributed by atoms with Crippen molar-refractivity contribution in [3.05, 3.63) is 47.8 Å². The van der Waals surface area contributed by atoms with E-state index in [0.29, 0.717) is 5.75 Å². The Labute approximate surface area is 120 Å². The highest BCUT2D eigenvalue weighted by atomic mass is 19.4. The van der Waals surface area contributed by atoms with Crippen LogP contribution in [0.2, 0.25) is 0 Å². The van der Waals surface area contributed by atoms with Crippen molar-refractivity contribution in [2.75, 3.05) is 12.4 Å². The third-order valence-electron chi connectivity index (χ3n) is 2.91. The molecule has 2 aromatic rings. The molecule has 1 atom stereocenters. The summed E-state index contributed by atoms with van der Waals surface area (Å²) in [6, 6.07) is 7.80. The molecule has 0 saturated heterocycles. The molecule has 21 heavy (non-hydrogen) atoms. The average Bonchev–Trinajstić information content (AvgIpc) is 2.47. The van der Waals surface area contributed by atoms with Gasteiger partial charge < -0.3 is 10.1 Å². The van der Waals surface area contributed by atoms with Crippen LogP contribution >= 0.6 is 0 Å². The van der Waals surface area contributed by atoms with Crippen molar-refractivity contribution in [2.24, 2.45) is 0 Å². The van der Waals surface area contributed by atoms with Crippen LogP contribution in [-0.2, 0) is 6.18 Å². The fraction of sp³-hybridized carbons (Fsp3) is 0.286. The molecular formula is C14H14F3N3O. The smallest absolute Gasteiger partial charge is 0.433 e. The van der Waals surface area contributed by atoms with Crippen molar-refractivity contribution in [3.8, 4) is 5.75 Å². The molecule has 112 valence electrons. The molecule has 0 aliphatic heterocycles. The van der Waals surface area contributed by atoms with Crippen LogP contribution in [0.25, 0.3) is 0 Å². The zero-order chi connectivity index (χ0) is 15.5. The predicted octanol–water partition coefficient (Wildman–Crippen LogP) is 3.68. The first kappa shape index (κ1) is 15.1. The number of anilines is 1. The second-order valence-corrected chi connectivity index (χ2v) is 4.40. The van der Waals surface area contributed by atoms with Crippen LogP contribution in [0.15, 0.2) is 36.5 Å². The lowest BCUT2D eigenvalue weighted by molar-refractivity contribution is -0.141. The summed E-state index contributed by atoms with van der Waals surface area (Å²) in [5, 5.41) is 2.85. The maximum absolute atomic E-state index is 12.6. The topological polar surface area (TPSA) is 47.0 Å². The number of aromatic nitrogens is 2. The quantitative estimate of drug-likeness (QED) is 0.935. The van der Waals surface area contributed by atoms with E-state index >= 15 is 0 Å². The highest BCUT2D eigenvalue weighted by Gasteiger charge is 2.32. The van der Waals surface area contributed by atoms with Gasteiger partial charge in [0, 0.05) is 6.20 Å². The van der Waals surface area contributed by atoms with Crippen LogP contribution < -0.4 is 10.1 Å². The molecule has 0 bridgehead atoms. The molecule has 1 N–H and O–H groups in total. The van der Waals surface area contributed by atoms with Gasteiger partial charge >= 0.3 is 6.18 Å². The first-order valence-electron chi connectivity index (χ1n) is 6.21. The van der Waals surface area contributed by atoms with E-state index < -0.39 is 11.9 Å². The molecule has 0 radical (unpaired) electrons. The third-order valence-corrected chi connectivity index (χ3v) is 2.91. The number of hydrogen-bond donors (Lipinski definition) is 1. The van der Waals surface area contributed by atoms with Crippen LogP contribution in [0.4, 0.5) is 19.1 Å². The number of hydrogen-bond acceptors (Lipinski definition) is 4. The number of nitrogens with one attached hydrogen (secondary N) is 1. The van der Waals surface area contributed by atoms with E-state index in [0.717, 1.165) is 17.8 Å². The molecule has 0 spiro atoms. The molecule has 4 nitrogen and oxygen atoms in total. The second-order valence-electron chi connectivity index (χ2n) is 4.40. The molecular weight excluding hydrogens is 283 g/mol. The van der Waals surface area contributed by atoms with E-state index in [-0.39, 0.29) is 12.0 Å². The van der Waals surface area contributed by atoms with Crippen molar-refractivity contribution >= 4 is 5.95 Å². The number of methoxy groups -OCH3 is 1. The van der Waals surface area contributed by atoms with Crippen LogP contribution in [0.1, 0.15) is 24.2 Å². The van der Waals surface area contributed by atoms with Gasteiger partial charge in [-0.3, -0.25) is 0 Å². The maximum atomic E-state index is 12.6. The molecule has 0 amide bonds. The number of halogens is 3. The Morgan fingerprint density at radius 1 is 1.14 bits per heavy atom. The highest BCUT2D eigenvalue weighted by molar-refractivity contribution is 5.35. The summed E-state index contributed by atoms with van der Waals surface area (Å²) in [4.78, 5) is 7.28. The van der Waals surface area contributed by atoms with Crippen molar-refractivity contribution in [2.45, 2.75) is 19.1 Å². The maximum Gasteiger partial charge on any atom is 0.433 e. The minimum absolute atomic E-state index is 0.0619. The number of benzene rings is 1. The number of nitrogens with zero attached hydrogens (tertiary/aromatic N) is 2. The lowest BCUT2D eigenvalue weighted by atomic mass is 10.1. The first-order chi connectivity index (χ1) is 9.90. The Hall–Kier alpha value is -2.31. The minimum atomic E-state index is -4.48. The van der Waals surface area contributed by atoms with Gasteiger partial charge in [-0.1, -0.05) is 12.1 Å². The van der Waals surface area contributed by atoms with Gasteiger partial charge in [-0.05, 0) is 30.7 Å². The van der Waals surface area contributed by atoms with E-state index in [2.05, 4.69) is 15.3 Å². The largest absolute Gasteiger partial charge is 0.497 e. The molecule has 0 fully saturated rings. The van der Waals surface area contributed by atoms with E-state index in [1.165, 1.54) is 0 Å². The number of alkyl halides is 3. The fourth-order valence-electron chi connectivity index (χ4n) is 1.76. The summed E-state index contributed by atoms with van der Waals surface area (Å²) in [5.74, 6) is 0.648. The first-order valence-corrected chi connectivity index (χ1v) is 6.21. The van der Waals surface area contributed by atoms with E-state index in [4.69, 9.17) is 4.74 Å². The SMILES string of the molecule is COc1ccc(C(C)Nc2nccc(C(F)(F)F)n2)cc1. The Balaban J connectivity index is 2.13. The second kappa shape index (κ2) is 5.99. The molecule has 1 aromatic heterocycles. The van der Waals surface area contributed by atoms with Crippen molar-refractivity contribution in [3.63, 3.8) is 0 Å². The Kier molecular flexibility index (Phi) is 4.30. The van der Waals surface area contributed by atoms with Crippen LogP contribution in [0, 0.1) is 0 Å². The number of ether oxygens (including phenoxy) is 1. The Bertz CT molecular complexity index is 599. The summed E-state index contributed by atoms with van der Waals surface area (Å²) in [6.45, 7) is 1.81. The van der Waals surface area contributed by atoms with Gasteiger partial charge in [0.15, 0.2) is 0 Å². The van der Waals surface area contributed by atoms with Gasteiger partial charge in [-0.25, -0.2) is 9.97 Å². The molecule has 7 heteroatoms. The Morgan fingerprint density at radius 2 is 1.81 bits per heavy atom. The predicted molar refractivity (Wildman–Crippen MR) is 72.1 cm³/mol. The molecule has 1 heterocycles. The molecule has 1 unspecified atom stereocenters. The van der Waals surface area contributed by atoms with Crippen molar-refractivity contribution in [1.29, 1.82) is 0 Å². The van der Waals surface area contributed by atoms with Gasteiger partial charge in [-0.15, -0.1) is 0 Å². The summed E-state index contributed by atoms with van der Waals surface area (Å²) in [5.41, 5.74) is -0.0845. The Morgan fingerprint density at radius 3 is 2.38 bits per heavy atom. The van der Waals surface area contributed by atoms with Gasteiger partial charge in [0.2, 0.25) is 5.95 Å². The monoisotopic (exact) mass is 297 g/mol. The number of rotatable bonds is 4. The van der Waals surface area contributed by atoms with Crippen LogP contribution in [0.3, 0.4) is 0 Å². The van der Waals surface area contributed by atoms with Crippen molar-refractivity contribution in [1.82, 2.24) is 9.97 Å². The zero-order valence-electron chi connectivity index (χ0n) is 11.5. The van der Waals surface area contributed by atoms with E-state index in [9.17, 15) is 13.2 Å². The normalized spacial score (nSPS) is 12.8. The van der Waals surface area contributed by atoms with Crippen molar-refractivity contribution < 1.29 is 17.9 Å². The van der Waals surface area contributed by atoms with E-state index in [1.54, 1.807) is 19.2 Å². The third kappa shape index (κ3) is 3.84. The van der Waals surface area contributed by atoms with E-state index in [1.807, 2.05) is 19.1 Å². The van der Waals surface area contributed by atoms with Gasteiger partial charge in [0.25, 0.3) is 0 Å². The molecule has 0 saturated carbocycles. The van der Waals surface area contributed by atoms with Crippen LogP contribution in [-0.4, -0.2) is 17.1 Å². The lowest BCUT2D eigenvalue weighted by Gasteiger charge is -2.15. The minimum Gasteiger partial charge on any atom is -0.497 e. The van der Waals surface area contributed by atoms with Gasteiger partial charge in [0.1, 0.15) is 11.4 Å². The summed E-state index contributed by atoms with van der Waals surface area (Å²) in [7, 11) is 1.56. The zero-order valence-corrected chi connectivity index (χ0v) is 11.5. The lowest BCUT2D eigenvalue weighted by Crippen LogP contribution is -2.13. The summed E-state index contributed by atoms with van der Waals surface area (Å²) in [6.07, 6.45) is -3.40. The standard InChI is InChI=1S/C14H14F3N3O/c1-9(10-3-5-11(21-2)6-4-10)19-13-18-8-7-12(20-13)14(15,16)17/h3-9H,1-2H3,(H,18,19,20). The molecule has 1 aromatic carbocycles. The van der Waals surface area contributed by atoms with Crippen LogP contribution in [0.5, 0.6) is 5.75 Å². The summed E-state index contributed by atoms with van der Waals surface area (Å²) >= 11 is 0. The highest BCUT2D eigenvalue weighted by Crippen LogP contribution is 2.28. The molecule has 0 aliphatic carbocycles. The average molecular weight is 297 g/mol. The molecule has 2 rings (SSSR count). The molecule has 0 aliphatic rings. The van der Waals surface area contributed by atoms with Gasteiger partial charge in [0.05, 0.1) is 13.2 Å².